The van der Waals surface area contributed by atoms with E-state index in [0.717, 1.165) is 21.1 Å². The van der Waals surface area contributed by atoms with Crippen molar-refractivity contribution in [1.82, 2.24) is 15.2 Å². The fourth-order valence-electron chi connectivity index (χ4n) is 6.71. The number of para-hydroxylation sites is 1. The van der Waals surface area contributed by atoms with Crippen LogP contribution in [-0.4, -0.2) is 109 Å². The lowest BCUT2D eigenvalue weighted by atomic mass is 10.0. The molecule has 1 aliphatic rings. The van der Waals surface area contributed by atoms with Crippen molar-refractivity contribution in [2.24, 2.45) is 0 Å². The maximum absolute atomic E-state index is 13.1. The fourth-order valence-corrected chi connectivity index (χ4v) is 8.59. The number of benzene rings is 4. The molecule has 18 nitrogen and oxygen atoms in total. The van der Waals surface area contributed by atoms with Crippen LogP contribution < -0.4 is 25.3 Å². The number of pyridine rings is 1. The highest BCUT2D eigenvalue weighted by atomic mass is 35.5. The number of carbonyl (C=O) groups is 2. The van der Waals surface area contributed by atoms with E-state index in [9.17, 15) is 41.4 Å². The van der Waals surface area contributed by atoms with Gasteiger partial charge in [-0.3, -0.25) is 24.0 Å². The molecule has 1 aliphatic heterocycles. The molecule has 6 rings (SSSR count). The number of aromatic amines is 1. The number of anilines is 2. The van der Waals surface area contributed by atoms with E-state index in [1.165, 1.54) is 19.2 Å². The molecule has 2 heterocycles. The Morgan fingerprint density at radius 3 is 2.25 bits per heavy atom. The zero-order valence-corrected chi connectivity index (χ0v) is 36.4. The quantitative estimate of drug-likeness (QED) is 0.0502. The molecule has 1 saturated heterocycles. The number of nitrogens with zero attached hydrogens (tertiary/aromatic N) is 2. The van der Waals surface area contributed by atoms with Crippen molar-refractivity contribution < 1.29 is 55.2 Å². The molecule has 1 aromatic heterocycles. The van der Waals surface area contributed by atoms with Crippen molar-refractivity contribution in [1.29, 1.82) is 0 Å². The molecule has 1 atom stereocenters. The Kier molecular flexibility index (Phi) is 17.0. The average molecular weight is 930 g/mol. The number of hydrogen-bond donors (Lipinski definition) is 7. The fraction of sp³-hybridized carbons (Fsp3) is 0.310. The minimum Gasteiger partial charge on any atom is -0.506 e. The second-order valence-electron chi connectivity index (χ2n) is 14.4. The number of aromatic nitrogens is 1. The smallest absolute Gasteiger partial charge is 0.411 e. The highest BCUT2D eigenvalue weighted by Gasteiger charge is 2.25. The Hall–Kier alpha value is -5.58. The van der Waals surface area contributed by atoms with E-state index in [1.54, 1.807) is 30.3 Å². The number of phenols is 1. The standard InChI is InChI=1S/C40H42ClN5O7.C2H6O6S2/c1-52-36-23-28(12-11-27(36)24-42-25-35(48)31-13-15-34(47)39-32(31)14-16-37(49)44-39)46(41)38(50)19-22-45-20-17-29(18-21-45)53-40(51)43-33-10-6-5-9-30(33)26-7-3-2-4-8-26;3-9(4,5)1-2-10(6,7)8/h2-16,23,29,35,42,47-48H,17-22,24-25H2,1H3,(H,43,51)(H,44,49);1-2H2,(H,3,4,5)(H,6,7,8). The minimum absolute atomic E-state index is 0.0753. The van der Waals surface area contributed by atoms with Crippen molar-refractivity contribution >= 4 is 66.3 Å². The highest BCUT2D eigenvalue weighted by Crippen LogP contribution is 2.31. The molecule has 0 radical (unpaired) electrons. The monoisotopic (exact) mass is 929 g/mol. The lowest BCUT2D eigenvalue weighted by Gasteiger charge is -2.31. The van der Waals surface area contributed by atoms with Gasteiger partial charge in [0.05, 0.1) is 41.6 Å². The first-order valence-electron chi connectivity index (χ1n) is 19.5. The van der Waals surface area contributed by atoms with Gasteiger partial charge in [0.2, 0.25) is 11.5 Å². The number of piperidine rings is 1. The normalized spacial score (nSPS) is 14.0. The predicted molar refractivity (Wildman–Crippen MR) is 238 cm³/mol. The maximum Gasteiger partial charge on any atom is 0.411 e. The van der Waals surface area contributed by atoms with Gasteiger partial charge in [0, 0.05) is 79.6 Å². The number of carbonyl (C=O) groups excluding carboxylic acids is 2. The van der Waals surface area contributed by atoms with Gasteiger partial charge in [0.1, 0.15) is 17.6 Å². The van der Waals surface area contributed by atoms with Crippen molar-refractivity contribution in [3.63, 3.8) is 0 Å². The molecule has 338 valence electrons. The van der Waals surface area contributed by atoms with Gasteiger partial charge in [-0.15, -0.1) is 0 Å². The van der Waals surface area contributed by atoms with Crippen molar-refractivity contribution in [3.8, 4) is 22.6 Å². The van der Waals surface area contributed by atoms with E-state index in [-0.39, 0.29) is 41.8 Å². The number of hydrogen-bond acceptors (Lipinski definition) is 13. The summed E-state index contributed by atoms with van der Waals surface area (Å²) in [6.45, 7) is 2.41. The number of ether oxygens (including phenoxy) is 2. The summed E-state index contributed by atoms with van der Waals surface area (Å²) in [5.41, 5.74) is 4.34. The molecule has 1 fully saturated rings. The van der Waals surface area contributed by atoms with Gasteiger partial charge in [-0.25, -0.2) is 9.21 Å². The van der Waals surface area contributed by atoms with Crippen LogP contribution in [0, 0.1) is 0 Å². The van der Waals surface area contributed by atoms with E-state index in [1.807, 2.05) is 54.6 Å². The van der Waals surface area contributed by atoms with Crippen LogP contribution in [0.15, 0.2) is 102 Å². The lowest BCUT2D eigenvalue weighted by molar-refractivity contribution is -0.117. The zero-order chi connectivity index (χ0) is 45.7. The Labute approximate surface area is 369 Å². The van der Waals surface area contributed by atoms with Crippen LogP contribution in [0.1, 0.15) is 36.5 Å². The van der Waals surface area contributed by atoms with Crippen molar-refractivity contribution in [2.45, 2.75) is 38.0 Å². The van der Waals surface area contributed by atoms with Gasteiger partial charge in [-0.05, 0) is 48.2 Å². The van der Waals surface area contributed by atoms with E-state index < -0.39 is 43.9 Å². The number of nitrogens with one attached hydrogen (secondary N) is 3. The lowest BCUT2D eigenvalue weighted by Crippen LogP contribution is -2.40. The van der Waals surface area contributed by atoms with Crippen molar-refractivity contribution in [2.75, 3.05) is 54.5 Å². The molecule has 4 aromatic carbocycles. The summed E-state index contributed by atoms with van der Waals surface area (Å²) in [6.07, 6.45) is -0.118. The summed E-state index contributed by atoms with van der Waals surface area (Å²) in [5, 5.41) is 27.7. The molecule has 1 unspecified atom stereocenters. The number of halogens is 1. The van der Waals surface area contributed by atoms with E-state index in [4.69, 9.17) is 30.4 Å². The van der Waals surface area contributed by atoms with Crippen molar-refractivity contribution in [3.05, 3.63) is 119 Å². The van der Waals surface area contributed by atoms with Crippen LogP contribution in [-0.2, 0) is 36.3 Å². The zero-order valence-electron chi connectivity index (χ0n) is 34.0. The number of fused-ring (bicyclic) bond motifs is 1. The Bertz CT molecular complexity index is 2610. The van der Waals surface area contributed by atoms with Gasteiger partial charge < -0.3 is 34.9 Å². The van der Waals surface area contributed by atoms with E-state index in [2.05, 4.69) is 20.5 Å². The second-order valence-corrected chi connectivity index (χ2v) is 17.9. The summed E-state index contributed by atoms with van der Waals surface area (Å²) >= 11 is 6.49. The highest BCUT2D eigenvalue weighted by molar-refractivity contribution is 7.89. The van der Waals surface area contributed by atoms with Gasteiger partial charge in [0.15, 0.2) is 0 Å². The molecule has 0 bridgehead atoms. The summed E-state index contributed by atoms with van der Waals surface area (Å²) in [5.74, 6) is -1.78. The number of aromatic hydroxyl groups is 1. The van der Waals surface area contributed by atoms with Gasteiger partial charge >= 0.3 is 6.09 Å². The third-order valence-corrected chi connectivity index (χ3v) is 12.0. The number of aliphatic hydroxyl groups excluding tert-OH is 1. The van der Waals surface area contributed by atoms with Crippen LogP contribution in [0.4, 0.5) is 16.2 Å². The molecule has 0 saturated carbocycles. The average Bonchev–Trinajstić information content (AvgIpc) is 3.25. The predicted octanol–water partition coefficient (Wildman–Crippen LogP) is 5.08. The third kappa shape index (κ3) is 14.8. The van der Waals surface area contributed by atoms with E-state index in [0.29, 0.717) is 67.1 Å². The van der Waals surface area contributed by atoms with Crippen LogP contribution in [0.3, 0.4) is 0 Å². The first-order chi connectivity index (χ1) is 29.9. The first kappa shape index (κ1) is 48.5. The van der Waals surface area contributed by atoms with Gasteiger partial charge in [0.25, 0.3) is 20.2 Å². The molecular weight excluding hydrogens is 882 g/mol. The summed E-state index contributed by atoms with van der Waals surface area (Å²) in [4.78, 5) is 42.3. The number of phenolic OH excluding ortho intramolecular Hbond substituents is 1. The summed E-state index contributed by atoms with van der Waals surface area (Å²) in [7, 11) is -7.06. The largest absolute Gasteiger partial charge is 0.506 e. The van der Waals surface area contributed by atoms with Crippen LogP contribution in [0.25, 0.3) is 22.0 Å². The topological polar surface area (TPSA) is 265 Å². The van der Waals surface area contributed by atoms with Crippen LogP contribution in [0.5, 0.6) is 11.5 Å². The Morgan fingerprint density at radius 1 is 0.921 bits per heavy atom. The van der Waals surface area contributed by atoms with Crippen LogP contribution in [0.2, 0.25) is 0 Å². The molecule has 0 aliphatic carbocycles. The number of methoxy groups -OCH3 is 1. The van der Waals surface area contributed by atoms with Gasteiger partial charge in [-0.1, -0.05) is 60.7 Å². The molecule has 5 aromatic rings. The Morgan fingerprint density at radius 2 is 1.59 bits per heavy atom. The summed E-state index contributed by atoms with van der Waals surface area (Å²) in [6, 6.07) is 28.7. The first-order valence-corrected chi connectivity index (χ1v) is 23.1. The SMILES string of the molecule is COc1cc(N(Cl)C(=O)CCN2CCC(OC(=O)Nc3ccccc3-c3ccccc3)CC2)ccc1CNCC(O)c1ccc(O)c2[nH]c(=O)ccc12.O=S(=O)(O)CCS(=O)(=O)O. The number of likely N-dealkylation sites (tertiary alicyclic amines) is 1. The molecule has 63 heavy (non-hydrogen) atoms. The molecule has 0 spiro atoms. The maximum atomic E-state index is 13.1. The molecule has 7 N–H and O–H groups in total. The van der Waals surface area contributed by atoms with E-state index >= 15 is 0 Å². The third-order valence-electron chi connectivity index (χ3n) is 9.93. The number of aliphatic hydroxyl groups is 1. The van der Waals surface area contributed by atoms with Crippen LogP contribution >= 0.6 is 11.8 Å². The number of H-pyrrole nitrogens is 1. The molecular formula is C42H48ClN5O13S2. The minimum atomic E-state index is -4.30. The Balaban J connectivity index is 0.000000667. The molecule has 2 amide bonds. The molecule has 21 heteroatoms. The number of rotatable bonds is 16. The second kappa shape index (κ2) is 22.2. The number of amides is 2. The summed E-state index contributed by atoms with van der Waals surface area (Å²) < 4.78 is 67.8. The van der Waals surface area contributed by atoms with Gasteiger partial charge in [-0.2, -0.15) is 16.8 Å².